The van der Waals surface area contributed by atoms with Crippen LogP contribution in [-0.2, 0) is 11.2 Å². The zero-order chi connectivity index (χ0) is 19.5. The minimum Gasteiger partial charge on any atom is -0.491 e. The summed E-state index contributed by atoms with van der Waals surface area (Å²) in [7, 11) is 1.70. The molecule has 0 aliphatic heterocycles. The van der Waals surface area contributed by atoms with Gasteiger partial charge in [0.2, 0.25) is 0 Å². The Kier molecular flexibility index (Phi) is 8.79. The summed E-state index contributed by atoms with van der Waals surface area (Å²) in [6.07, 6.45) is 0.252. The molecule has 0 spiro atoms. The van der Waals surface area contributed by atoms with Crippen LogP contribution in [-0.4, -0.2) is 55.6 Å². The lowest BCUT2D eigenvalue weighted by Crippen LogP contribution is -2.45. The molecule has 0 amide bonds. The van der Waals surface area contributed by atoms with Gasteiger partial charge in [0.05, 0.1) is 18.2 Å². The molecular weight excluding hydrogens is 340 g/mol. The minimum atomic E-state index is -0.615. The highest BCUT2D eigenvalue weighted by Crippen LogP contribution is 2.13. The number of rotatable bonds is 11. The molecule has 2 aromatic carbocycles. The number of ether oxygens (including phenoxy) is 2. The minimum absolute atomic E-state index is 0.187. The van der Waals surface area contributed by atoms with Crippen LogP contribution in [0.1, 0.15) is 18.1 Å². The van der Waals surface area contributed by atoms with Gasteiger partial charge in [-0.25, -0.2) is 0 Å². The first-order chi connectivity index (χ1) is 13.2. The quantitative estimate of drug-likeness (QED) is 0.661. The van der Waals surface area contributed by atoms with E-state index in [2.05, 4.69) is 30.0 Å². The Morgan fingerprint density at radius 1 is 1.07 bits per heavy atom. The van der Waals surface area contributed by atoms with E-state index in [-0.39, 0.29) is 12.6 Å². The zero-order valence-corrected chi connectivity index (χ0v) is 16.0. The molecule has 0 unspecified atom stereocenters. The molecule has 0 fully saturated rings. The molecule has 0 aliphatic rings. The van der Waals surface area contributed by atoms with Crippen LogP contribution in [0.15, 0.2) is 54.6 Å². The Balaban J connectivity index is 1.90. The van der Waals surface area contributed by atoms with Crippen molar-refractivity contribution in [3.8, 4) is 11.8 Å². The number of likely N-dealkylation sites (N-methyl/N-ethyl adjacent to an activating group) is 1. The van der Waals surface area contributed by atoms with Crippen molar-refractivity contribution in [1.82, 2.24) is 4.90 Å². The molecule has 0 heterocycles. The summed E-state index contributed by atoms with van der Waals surface area (Å²) in [5.74, 6) is 0.647. The maximum Gasteiger partial charge on any atom is 0.119 e. The van der Waals surface area contributed by atoms with Gasteiger partial charge in [0.15, 0.2) is 0 Å². The lowest BCUT2D eigenvalue weighted by molar-refractivity contribution is 0.0318. The molecule has 0 bridgehead atoms. The summed E-state index contributed by atoms with van der Waals surface area (Å²) in [6, 6.07) is 19.5. The molecule has 5 nitrogen and oxygen atoms in total. The van der Waals surface area contributed by atoms with Crippen molar-refractivity contribution in [3.05, 3.63) is 65.7 Å². The third kappa shape index (κ3) is 7.03. The van der Waals surface area contributed by atoms with Crippen LogP contribution >= 0.6 is 0 Å². The van der Waals surface area contributed by atoms with Gasteiger partial charge in [-0.05, 0) is 42.8 Å². The van der Waals surface area contributed by atoms with E-state index in [0.29, 0.717) is 24.5 Å². The number of nitriles is 1. The van der Waals surface area contributed by atoms with Crippen LogP contribution in [0.3, 0.4) is 0 Å². The van der Waals surface area contributed by atoms with Gasteiger partial charge in [0.25, 0.3) is 0 Å². The fourth-order valence-electron chi connectivity index (χ4n) is 3.05. The first-order valence-electron chi connectivity index (χ1n) is 9.24. The van der Waals surface area contributed by atoms with E-state index in [4.69, 9.17) is 14.7 Å². The van der Waals surface area contributed by atoms with E-state index < -0.39 is 6.10 Å². The average Bonchev–Trinajstić information content (AvgIpc) is 2.71. The second kappa shape index (κ2) is 11.3. The highest BCUT2D eigenvalue weighted by atomic mass is 16.5. The molecule has 2 aromatic rings. The van der Waals surface area contributed by atoms with Crippen LogP contribution in [0.4, 0.5) is 0 Å². The predicted molar refractivity (Wildman–Crippen MR) is 106 cm³/mol. The number of nitrogens with zero attached hydrogens (tertiary/aromatic N) is 2. The van der Waals surface area contributed by atoms with Crippen molar-refractivity contribution in [3.63, 3.8) is 0 Å². The van der Waals surface area contributed by atoms with E-state index in [9.17, 15) is 5.11 Å². The van der Waals surface area contributed by atoms with Gasteiger partial charge in [-0.3, -0.25) is 4.90 Å². The summed E-state index contributed by atoms with van der Waals surface area (Å²) in [4.78, 5) is 2.23. The summed E-state index contributed by atoms with van der Waals surface area (Å²) >= 11 is 0. The monoisotopic (exact) mass is 368 g/mol. The number of methoxy groups -OCH3 is 1. The molecule has 0 aromatic heterocycles. The predicted octanol–water partition coefficient (Wildman–Crippen LogP) is 2.88. The second-order valence-electron chi connectivity index (χ2n) is 6.49. The molecule has 2 atom stereocenters. The number of benzene rings is 2. The van der Waals surface area contributed by atoms with E-state index in [1.165, 1.54) is 5.56 Å². The maximum atomic E-state index is 10.4. The molecule has 1 N–H and O–H groups in total. The summed E-state index contributed by atoms with van der Waals surface area (Å²) in [5, 5.41) is 19.3. The van der Waals surface area contributed by atoms with E-state index in [0.717, 1.165) is 13.0 Å². The summed E-state index contributed by atoms with van der Waals surface area (Å²) < 4.78 is 11.1. The molecule has 27 heavy (non-hydrogen) atoms. The van der Waals surface area contributed by atoms with Gasteiger partial charge in [-0.1, -0.05) is 37.3 Å². The number of hydrogen-bond acceptors (Lipinski definition) is 5. The SMILES string of the molecule is CCN(C[C@H](O)COc1ccc(C#N)cc1)[C@H](COC)Cc1ccccc1. The summed E-state index contributed by atoms with van der Waals surface area (Å²) in [6.45, 7) is 4.21. The fraction of sp³-hybridized carbons (Fsp3) is 0.409. The van der Waals surface area contributed by atoms with Crippen molar-refractivity contribution in [2.75, 3.05) is 33.4 Å². The van der Waals surface area contributed by atoms with Gasteiger partial charge in [-0.15, -0.1) is 0 Å². The van der Waals surface area contributed by atoms with E-state index in [1.807, 2.05) is 18.2 Å². The topological polar surface area (TPSA) is 65.7 Å². The standard InChI is InChI=1S/C22H28N2O3/c1-3-24(20(16-26-2)13-18-7-5-4-6-8-18)15-21(25)17-27-22-11-9-19(14-23)10-12-22/h4-12,20-21,25H,3,13,15-17H2,1-2H3/t20-,21-/m0/s1. The van der Waals surface area contributed by atoms with Crippen molar-refractivity contribution >= 4 is 0 Å². The lowest BCUT2D eigenvalue weighted by atomic mass is 10.0. The smallest absolute Gasteiger partial charge is 0.119 e. The number of aliphatic hydroxyl groups excluding tert-OH is 1. The Morgan fingerprint density at radius 3 is 2.37 bits per heavy atom. The molecule has 0 radical (unpaired) electrons. The van der Waals surface area contributed by atoms with Crippen molar-refractivity contribution in [1.29, 1.82) is 5.26 Å². The Bertz CT molecular complexity index is 698. The van der Waals surface area contributed by atoms with Crippen LogP contribution in [0, 0.1) is 11.3 Å². The van der Waals surface area contributed by atoms with Gasteiger partial charge in [-0.2, -0.15) is 5.26 Å². The highest BCUT2D eigenvalue weighted by molar-refractivity contribution is 5.34. The highest BCUT2D eigenvalue weighted by Gasteiger charge is 2.21. The van der Waals surface area contributed by atoms with E-state index >= 15 is 0 Å². The largest absolute Gasteiger partial charge is 0.491 e. The Labute approximate surface area is 161 Å². The molecule has 0 saturated heterocycles. The van der Waals surface area contributed by atoms with Crippen molar-refractivity contribution in [2.45, 2.75) is 25.5 Å². The lowest BCUT2D eigenvalue weighted by Gasteiger charge is -2.32. The second-order valence-corrected chi connectivity index (χ2v) is 6.49. The third-order valence-electron chi connectivity index (χ3n) is 4.47. The molecular formula is C22H28N2O3. The van der Waals surface area contributed by atoms with E-state index in [1.54, 1.807) is 31.4 Å². The van der Waals surface area contributed by atoms with Gasteiger partial charge in [0.1, 0.15) is 18.5 Å². The maximum absolute atomic E-state index is 10.4. The first-order valence-corrected chi connectivity index (χ1v) is 9.24. The fourth-order valence-corrected chi connectivity index (χ4v) is 3.05. The molecule has 5 heteroatoms. The Hall–Kier alpha value is -2.39. The van der Waals surface area contributed by atoms with Crippen LogP contribution in [0.2, 0.25) is 0 Å². The third-order valence-corrected chi connectivity index (χ3v) is 4.47. The molecule has 0 aliphatic carbocycles. The first kappa shape index (κ1) is 20.9. The molecule has 0 saturated carbocycles. The van der Waals surface area contributed by atoms with Crippen molar-refractivity contribution in [2.24, 2.45) is 0 Å². The van der Waals surface area contributed by atoms with Gasteiger partial charge in [0, 0.05) is 19.7 Å². The summed E-state index contributed by atoms with van der Waals surface area (Å²) in [5.41, 5.74) is 1.84. The molecule has 144 valence electrons. The average molecular weight is 368 g/mol. The number of hydrogen-bond donors (Lipinski definition) is 1. The van der Waals surface area contributed by atoms with Crippen LogP contribution in [0.5, 0.6) is 5.75 Å². The molecule has 2 rings (SSSR count). The van der Waals surface area contributed by atoms with Crippen molar-refractivity contribution < 1.29 is 14.6 Å². The van der Waals surface area contributed by atoms with Gasteiger partial charge < -0.3 is 14.6 Å². The van der Waals surface area contributed by atoms with Gasteiger partial charge >= 0.3 is 0 Å². The zero-order valence-electron chi connectivity index (χ0n) is 16.0. The number of aliphatic hydroxyl groups is 1. The normalized spacial score (nSPS) is 13.1. The van der Waals surface area contributed by atoms with Crippen LogP contribution < -0.4 is 4.74 Å². The van der Waals surface area contributed by atoms with Crippen LogP contribution in [0.25, 0.3) is 0 Å². The Morgan fingerprint density at radius 2 is 1.78 bits per heavy atom.